The molecule has 0 aliphatic rings. The van der Waals surface area contributed by atoms with Crippen LogP contribution >= 0.6 is 0 Å². The predicted octanol–water partition coefficient (Wildman–Crippen LogP) is 4.65. The molecule has 24 heavy (non-hydrogen) atoms. The molecule has 0 spiro atoms. The summed E-state index contributed by atoms with van der Waals surface area (Å²) in [4.78, 5) is 8.82. The van der Waals surface area contributed by atoms with E-state index in [9.17, 15) is 0 Å². The summed E-state index contributed by atoms with van der Waals surface area (Å²) in [5, 5.41) is 4.49. The van der Waals surface area contributed by atoms with E-state index in [1.54, 1.807) is 6.33 Å². The second-order valence-corrected chi connectivity index (χ2v) is 6.64. The van der Waals surface area contributed by atoms with Gasteiger partial charge in [0, 0.05) is 17.6 Å². The number of nitrogen functional groups attached to an aromatic ring is 1. The van der Waals surface area contributed by atoms with Crippen LogP contribution in [0.5, 0.6) is 0 Å². The first-order valence-corrected chi connectivity index (χ1v) is 8.39. The number of fused-ring (bicyclic) bond motifs is 1. The van der Waals surface area contributed by atoms with Crippen LogP contribution in [0.15, 0.2) is 42.7 Å². The van der Waals surface area contributed by atoms with Crippen molar-refractivity contribution in [2.45, 2.75) is 27.2 Å². The normalized spacial score (nSPS) is 11.2. The van der Waals surface area contributed by atoms with E-state index < -0.39 is 0 Å². The van der Waals surface area contributed by atoms with Crippen molar-refractivity contribution < 1.29 is 0 Å². The van der Waals surface area contributed by atoms with Crippen LogP contribution in [-0.2, 0) is 0 Å². The first kappa shape index (κ1) is 16.2. The predicted molar refractivity (Wildman–Crippen MR) is 102 cm³/mol. The van der Waals surface area contributed by atoms with E-state index in [1.165, 1.54) is 5.56 Å². The van der Waals surface area contributed by atoms with Gasteiger partial charge in [-0.3, -0.25) is 0 Å². The fourth-order valence-electron chi connectivity index (χ4n) is 2.79. The van der Waals surface area contributed by atoms with Crippen LogP contribution < -0.4 is 11.1 Å². The lowest BCUT2D eigenvalue weighted by atomic mass is 9.98. The van der Waals surface area contributed by atoms with Crippen LogP contribution in [0, 0.1) is 12.8 Å². The summed E-state index contributed by atoms with van der Waals surface area (Å²) in [7, 11) is 0. The molecule has 0 saturated carbocycles. The largest absolute Gasteiger partial charge is 0.399 e. The lowest BCUT2D eigenvalue weighted by Gasteiger charge is -2.12. The summed E-state index contributed by atoms with van der Waals surface area (Å²) in [6.45, 7) is 7.45. The lowest BCUT2D eigenvalue weighted by molar-refractivity contribution is 0.607. The standard InChI is InChI=1S/C20H24N4/c1-13(2)8-9-22-20-18-10-15(5-7-19(18)23-12-24-20)17-11-16(21)6-4-14(17)3/h4-7,10-13H,8-9,21H2,1-3H3,(H,22,23,24). The number of nitrogens with one attached hydrogen (secondary N) is 1. The number of aryl methyl sites for hydroxylation is 1. The Bertz CT molecular complexity index is 855. The van der Waals surface area contributed by atoms with E-state index in [4.69, 9.17) is 5.73 Å². The Morgan fingerprint density at radius 1 is 1.08 bits per heavy atom. The highest BCUT2D eigenvalue weighted by molar-refractivity contribution is 5.93. The summed E-state index contributed by atoms with van der Waals surface area (Å²) in [5.41, 5.74) is 11.2. The number of benzene rings is 2. The van der Waals surface area contributed by atoms with Gasteiger partial charge in [0.2, 0.25) is 0 Å². The number of anilines is 2. The molecule has 0 unspecified atom stereocenters. The first-order chi connectivity index (χ1) is 11.5. The minimum atomic E-state index is 0.663. The zero-order chi connectivity index (χ0) is 17.1. The van der Waals surface area contributed by atoms with Gasteiger partial charge in [0.25, 0.3) is 0 Å². The molecule has 0 fully saturated rings. The third-order valence-corrected chi connectivity index (χ3v) is 4.22. The molecule has 4 heteroatoms. The van der Waals surface area contributed by atoms with Crippen molar-refractivity contribution in [2.75, 3.05) is 17.6 Å². The molecule has 0 aliphatic carbocycles. The molecular weight excluding hydrogens is 296 g/mol. The Kier molecular flexibility index (Phi) is 4.65. The maximum Gasteiger partial charge on any atom is 0.137 e. The van der Waals surface area contributed by atoms with Gasteiger partial charge in [-0.2, -0.15) is 0 Å². The molecule has 3 rings (SSSR count). The van der Waals surface area contributed by atoms with Crippen molar-refractivity contribution in [2.24, 2.45) is 5.92 Å². The minimum absolute atomic E-state index is 0.663. The highest BCUT2D eigenvalue weighted by atomic mass is 15.0. The average molecular weight is 320 g/mol. The molecule has 0 aliphatic heterocycles. The Balaban J connectivity index is 2.01. The molecule has 1 heterocycles. The fourth-order valence-corrected chi connectivity index (χ4v) is 2.79. The molecule has 0 atom stereocenters. The minimum Gasteiger partial charge on any atom is -0.399 e. The monoisotopic (exact) mass is 320 g/mol. The second kappa shape index (κ2) is 6.87. The van der Waals surface area contributed by atoms with Crippen LogP contribution in [0.4, 0.5) is 11.5 Å². The first-order valence-electron chi connectivity index (χ1n) is 8.39. The zero-order valence-corrected chi connectivity index (χ0v) is 14.5. The quantitative estimate of drug-likeness (QED) is 0.672. The molecule has 3 aromatic rings. The molecule has 3 N–H and O–H groups in total. The molecular formula is C20H24N4. The van der Waals surface area contributed by atoms with Gasteiger partial charge in [-0.25, -0.2) is 9.97 Å². The smallest absolute Gasteiger partial charge is 0.137 e. The molecule has 0 saturated heterocycles. The van der Waals surface area contributed by atoms with Crippen molar-refractivity contribution in [1.82, 2.24) is 9.97 Å². The average Bonchev–Trinajstić information content (AvgIpc) is 2.56. The van der Waals surface area contributed by atoms with Gasteiger partial charge in [-0.15, -0.1) is 0 Å². The van der Waals surface area contributed by atoms with E-state index in [0.29, 0.717) is 5.92 Å². The van der Waals surface area contributed by atoms with Gasteiger partial charge in [0.1, 0.15) is 12.1 Å². The van der Waals surface area contributed by atoms with Crippen molar-refractivity contribution in [3.8, 4) is 11.1 Å². The molecule has 124 valence electrons. The van der Waals surface area contributed by atoms with Crippen molar-refractivity contribution in [3.05, 3.63) is 48.3 Å². The number of rotatable bonds is 5. The van der Waals surface area contributed by atoms with Gasteiger partial charge in [0.15, 0.2) is 0 Å². The third-order valence-electron chi connectivity index (χ3n) is 4.22. The highest BCUT2D eigenvalue weighted by Gasteiger charge is 2.08. The number of hydrogen-bond acceptors (Lipinski definition) is 4. The molecule has 1 aromatic heterocycles. The molecule has 0 bridgehead atoms. The van der Waals surface area contributed by atoms with Crippen molar-refractivity contribution in [3.63, 3.8) is 0 Å². The van der Waals surface area contributed by atoms with E-state index >= 15 is 0 Å². The van der Waals surface area contributed by atoms with Gasteiger partial charge in [-0.05, 0) is 60.2 Å². The van der Waals surface area contributed by atoms with Crippen LogP contribution in [0.2, 0.25) is 0 Å². The fraction of sp³-hybridized carbons (Fsp3) is 0.300. The summed E-state index contributed by atoms with van der Waals surface area (Å²) in [6.07, 6.45) is 2.73. The van der Waals surface area contributed by atoms with E-state index in [-0.39, 0.29) is 0 Å². The summed E-state index contributed by atoms with van der Waals surface area (Å²) in [5.74, 6) is 1.56. The molecule has 0 amide bonds. The topological polar surface area (TPSA) is 63.8 Å². The lowest BCUT2D eigenvalue weighted by Crippen LogP contribution is -2.06. The van der Waals surface area contributed by atoms with E-state index in [2.05, 4.69) is 54.3 Å². The van der Waals surface area contributed by atoms with Crippen LogP contribution in [0.25, 0.3) is 22.0 Å². The van der Waals surface area contributed by atoms with Gasteiger partial charge in [-0.1, -0.05) is 26.0 Å². The van der Waals surface area contributed by atoms with Gasteiger partial charge in [0.05, 0.1) is 5.52 Å². The van der Waals surface area contributed by atoms with Crippen LogP contribution in [-0.4, -0.2) is 16.5 Å². The number of nitrogens with two attached hydrogens (primary N) is 1. The van der Waals surface area contributed by atoms with Crippen LogP contribution in [0.3, 0.4) is 0 Å². The van der Waals surface area contributed by atoms with E-state index in [0.717, 1.165) is 46.5 Å². The summed E-state index contributed by atoms with van der Waals surface area (Å²) >= 11 is 0. The second-order valence-electron chi connectivity index (χ2n) is 6.64. The molecule has 2 aromatic carbocycles. The highest BCUT2D eigenvalue weighted by Crippen LogP contribution is 2.30. The number of aromatic nitrogens is 2. The SMILES string of the molecule is Cc1ccc(N)cc1-c1ccc2ncnc(NCCC(C)C)c2c1. The van der Waals surface area contributed by atoms with E-state index in [1.807, 2.05) is 18.2 Å². The van der Waals surface area contributed by atoms with Crippen LogP contribution in [0.1, 0.15) is 25.8 Å². The van der Waals surface area contributed by atoms with Crippen molar-refractivity contribution in [1.29, 1.82) is 0 Å². The van der Waals surface area contributed by atoms with Gasteiger partial charge >= 0.3 is 0 Å². The maximum atomic E-state index is 5.96. The Morgan fingerprint density at radius 2 is 1.92 bits per heavy atom. The Hall–Kier alpha value is -2.62. The van der Waals surface area contributed by atoms with Gasteiger partial charge < -0.3 is 11.1 Å². The summed E-state index contributed by atoms with van der Waals surface area (Å²) < 4.78 is 0. The molecule has 4 nitrogen and oxygen atoms in total. The van der Waals surface area contributed by atoms with Crippen molar-refractivity contribution >= 4 is 22.4 Å². The Labute approximate surface area is 143 Å². The Morgan fingerprint density at radius 3 is 2.71 bits per heavy atom. The molecule has 0 radical (unpaired) electrons. The number of nitrogens with zero attached hydrogens (tertiary/aromatic N) is 2. The zero-order valence-electron chi connectivity index (χ0n) is 14.5. The number of hydrogen-bond donors (Lipinski definition) is 2. The summed E-state index contributed by atoms with van der Waals surface area (Å²) in [6, 6.07) is 12.3. The maximum absolute atomic E-state index is 5.96. The third kappa shape index (κ3) is 3.48.